The molecule has 1 aliphatic heterocycles. The van der Waals surface area contributed by atoms with Gasteiger partial charge in [-0.25, -0.2) is 0 Å². The molecule has 154 valence electrons. The van der Waals surface area contributed by atoms with Gasteiger partial charge >= 0.3 is 0 Å². The summed E-state index contributed by atoms with van der Waals surface area (Å²) in [5, 5.41) is 12.2. The van der Waals surface area contributed by atoms with Gasteiger partial charge in [0.15, 0.2) is 5.78 Å². The molecule has 2 aromatic carbocycles. The third-order valence-electron chi connectivity index (χ3n) is 5.15. The lowest BCUT2D eigenvalue weighted by atomic mass is 9.80. The Morgan fingerprint density at radius 1 is 0.966 bits per heavy atom. The van der Waals surface area contributed by atoms with E-state index >= 15 is 0 Å². The SMILES string of the molecule is CCc1ccc(-c2c(Cl)cc(Cl)cc2Cl)cc1C1=C(O)C(C)(C)OC(C)(C)C1=O. The van der Waals surface area contributed by atoms with Crippen LogP contribution in [0, 0.1) is 0 Å². The van der Waals surface area contributed by atoms with E-state index < -0.39 is 11.2 Å². The summed E-state index contributed by atoms with van der Waals surface area (Å²) in [6.45, 7) is 8.92. The van der Waals surface area contributed by atoms with Gasteiger partial charge in [0.05, 0.1) is 15.6 Å². The third-order valence-corrected chi connectivity index (χ3v) is 5.96. The van der Waals surface area contributed by atoms with Crippen LogP contribution >= 0.6 is 34.8 Å². The van der Waals surface area contributed by atoms with E-state index in [1.807, 2.05) is 25.1 Å². The van der Waals surface area contributed by atoms with Crippen LogP contribution < -0.4 is 0 Å². The highest BCUT2D eigenvalue weighted by Gasteiger charge is 2.47. The van der Waals surface area contributed by atoms with E-state index in [4.69, 9.17) is 39.5 Å². The average molecular weight is 454 g/mol. The first-order valence-electron chi connectivity index (χ1n) is 9.36. The molecule has 0 fully saturated rings. The second-order valence-corrected chi connectivity index (χ2v) is 9.40. The standard InChI is InChI=1S/C23H23Cl3O3/c1-6-12-7-8-13(18-16(25)10-14(24)11-17(18)26)9-15(12)19-20(27)22(2,3)29-23(4,5)21(19)28/h7-11,27H,6H2,1-5H3. The number of ketones is 1. The summed E-state index contributed by atoms with van der Waals surface area (Å²) in [6, 6.07) is 8.93. The molecule has 0 saturated heterocycles. The lowest BCUT2D eigenvalue weighted by Crippen LogP contribution is -2.49. The molecule has 3 nitrogen and oxygen atoms in total. The molecule has 0 aliphatic carbocycles. The van der Waals surface area contributed by atoms with Crippen molar-refractivity contribution in [3.63, 3.8) is 0 Å². The molecule has 1 aliphatic rings. The van der Waals surface area contributed by atoms with E-state index in [1.165, 1.54) is 0 Å². The van der Waals surface area contributed by atoms with Crippen LogP contribution in [0.3, 0.4) is 0 Å². The van der Waals surface area contributed by atoms with Gasteiger partial charge in [0.25, 0.3) is 0 Å². The predicted octanol–water partition coefficient (Wildman–Crippen LogP) is 7.30. The summed E-state index contributed by atoms with van der Waals surface area (Å²) in [4.78, 5) is 13.2. The normalized spacial score (nSPS) is 18.3. The second-order valence-electron chi connectivity index (χ2n) is 8.15. The Bertz CT molecular complexity index is 1010. The van der Waals surface area contributed by atoms with Gasteiger partial charge in [-0.15, -0.1) is 0 Å². The number of aryl methyl sites for hydroxylation is 1. The van der Waals surface area contributed by atoms with E-state index in [1.54, 1.807) is 39.8 Å². The van der Waals surface area contributed by atoms with Gasteiger partial charge in [0.2, 0.25) is 0 Å². The summed E-state index contributed by atoms with van der Waals surface area (Å²) in [6.07, 6.45) is 0.684. The molecule has 3 rings (SSSR count). The Balaban J connectivity index is 2.31. The highest BCUT2D eigenvalue weighted by atomic mass is 35.5. The zero-order valence-electron chi connectivity index (χ0n) is 17.0. The minimum atomic E-state index is -1.07. The first kappa shape index (κ1) is 22.2. The molecule has 1 N–H and O–H groups in total. The Labute approximate surface area is 186 Å². The van der Waals surface area contributed by atoms with Crippen molar-refractivity contribution in [2.45, 2.75) is 52.2 Å². The van der Waals surface area contributed by atoms with Crippen LogP contribution in [0.4, 0.5) is 0 Å². The maximum Gasteiger partial charge on any atom is 0.198 e. The van der Waals surface area contributed by atoms with Crippen LogP contribution in [0.2, 0.25) is 15.1 Å². The summed E-state index contributed by atoms with van der Waals surface area (Å²) < 4.78 is 5.86. The highest BCUT2D eigenvalue weighted by Crippen LogP contribution is 2.43. The van der Waals surface area contributed by atoms with Crippen molar-refractivity contribution in [1.29, 1.82) is 0 Å². The van der Waals surface area contributed by atoms with E-state index in [-0.39, 0.29) is 17.1 Å². The predicted molar refractivity (Wildman–Crippen MR) is 120 cm³/mol. The van der Waals surface area contributed by atoms with Crippen molar-refractivity contribution in [3.8, 4) is 11.1 Å². The average Bonchev–Trinajstić information content (AvgIpc) is 2.59. The molecule has 0 bridgehead atoms. The number of aliphatic hydroxyl groups excluding tert-OH is 1. The van der Waals surface area contributed by atoms with Gasteiger partial charge in [-0.1, -0.05) is 53.9 Å². The highest BCUT2D eigenvalue weighted by molar-refractivity contribution is 6.41. The molecule has 0 atom stereocenters. The van der Waals surface area contributed by atoms with Gasteiger partial charge < -0.3 is 9.84 Å². The number of carbonyl (C=O) groups is 1. The first-order chi connectivity index (χ1) is 13.4. The fraction of sp³-hybridized carbons (Fsp3) is 0.348. The lowest BCUT2D eigenvalue weighted by molar-refractivity contribution is -0.158. The van der Waals surface area contributed by atoms with Crippen LogP contribution in [-0.4, -0.2) is 22.1 Å². The Morgan fingerprint density at radius 2 is 1.55 bits per heavy atom. The van der Waals surface area contributed by atoms with Crippen LogP contribution in [0.15, 0.2) is 36.1 Å². The van der Waals surface area contributed by atoms with E-state index in [2.05, 4.69) is 0 Å². The van der Waals surface area contributed by atoms with E-state index in [0.29, 0.717) is 32.6 Å². The molecule has 0 radical (unpaired) electrons. The van der Waals surface area contributed by atoms with E-state index in [9.17, 15) is 9.90 Å². The van der Waals surface area contributed by atoms with Crippen molar-refractivity contribution in [2.24, 2.45) is 0 Å². The van der Waals surface area contributed by atoms with Crippen LogP contribution in [0.5, 0.6) is 0 Å². The van der Waals surface area contributed by atoms with Crippen molar-refractivity contribution in [3.05, 3.63) is 62.3 Å². The first-order valence-corrected chi connectivity index (χ1v) is 10.5. The molecule has 0 amide bonds. The number of rotatable bonds is 3. The van der Waals surface area contributed by atoms with Gasteiger partial charge in [0.1, 0.15) is 17.0 Å². The number of hydrogen-bond donors (Lipinski definition) is 1. The van der Waals surface area contributed by atoms with Gasteiger partial charge in [-0.2, -0.15) is 0 Å². The lowest BCUT2D eigenvalue weighted by Gasteiger charge is -2.40. The number of carbonyl (C=O) groups excluding carboxylic acids is 1. The topological polar surface area (TPSA) is 46.5 Å². The van der Waals surface area contributed by atoms with Crippen molar-refractivity contribution < 1.29 is 14.6 Å². The minimum absolute atomic E-state index is 0.0815. The molecule has 29 heavy (non-hydrogen) atoms. The van der Waals surface area contributed by atoms with Crippen molar-refractivity contribution in [2.75, 3.05) is 0 Å². The Morgan fingerprint density at radius 3 is 2.10 bits per heavy atom. The zero-order chi connectivity index (χ0) is 21.7. The fourth-order valence-corrected chi connectivity index (χ4v) is 4.82. The molecule has 2 aromatic rings. The number of ether oxygens (including phenoxy) is 1. The monoisotopic (exact) mass is 452 g/mol. The molecule has 6 heteroatoms. The number of Topliss-reactive ketones (excluding diaryl/α,β-unsaturated/α-hetero) is 1. The molecule has 1 heterocycles. The quantitative estimate of drug-likeness (QED) is 0.530. The molecule has 0 spiro atoms. The van der Waals surface area contributed by atoms with Gasteiger partial charge in [-0.3, -0.25) is 4.79 Å². The number of benzene rings is 2. The van der Waals surface area contributed by atoms with Crippen molar-refractivity contribution in [1.82, 2.24) is 0 Å². The summed E-state index contributed by atoms with van der Waals surface area (Å²) in [5.74, 6) is -0.351. The van der Waals surface area contributed by atoms with Gasteiger partial charge in [0, 0.05) is 10.6 Å². The maximum absolute atomic E-state index is 13.2. The molecule has 0 aromatic heterocycles. The minimum Gasteiger partial charge on any atom is -0.508 e. The fourth-order valence-electron chi connectivity index (χ4n) is 3.78. The number of aliphatic hydroxyl groups is 1. The molecular weight excluding hydrogens is 431 g/mol. The third kappa shape index (κ3) is 3.94. The van der Waals surface area contributed by atoms with E-state index in [0.717, 1.165) is 11.1 Å². The molecule has 0 unspecified atom stereocenters. The van der Waals surface area contributed by atoms with Crippen LogP contribution in [0.1, 0.15) is 45.7 Å². The number of halogens is 3. The van der Waals surface area contributed by atoms with Crippen LogP contribution in [0.25, 0.3) is 16.7 Å². The molecular formula is C23H23Cl3O3. The Hall–Kier alpha value is -1.52. The second kappa shape index (κ2) is 7.63. The summed E-state index contributed by atoms with van der Waals surface area (Å²) in [7, 11) is 0. The van der Waals surface area contributed by atoms with Crippen LogP contribution in [-0.2, 0) is 16.0 Å². The maximum atomic E-state index is 13.2. The van der Waals surface area contributed by atoms with Gasteiger partial charge in [-0.05, 0) is 69.0 Å². The summed E-state index contributed by atoms with van der Waals surface area (Å²) in [5.41, 5.74) is 1.15. The largest absolute Gasteiger partial charge is 0.508 e. The number of hydrogen-bond acceptors (Lipinski definition) is 3. The smallest absolute Gasteiger partial charge is 0.198 e. The zero-order valence-corrected chi connectivity index (χ0v) is 19.3. The Kier molecular flexibility index (Phi) is 5.83. The van der Waals surface area contributed by atoms with Crippen molar-refractivity contribution >= 4 is 46.2 Å². The molecule has 0 saturated carbocycles. The summed E-state index contributed by atoms with van der Waals surface area (Å²) >= 11 is 18.9.